The summed E-state index contributed by atoms with van der Waals surface area (Å²) in [5.74, 6) is 2.32. The van der Waals surface area contributed by atoms with E-state index >= 15 is 0 Å². The molecule has 5 nitrogen and oxygen atoms in total. The largest absolute Gasteiger partial charge is 0.454 e. The van der Waals surface area contributed by atoms with Gasteiger partial charge in [0.25, 0.3) is 0 Å². The summed E-state index contributed by atoms with van der Waals surface area (Å²) in [6.45, 7) is 2.08. The molecule has 0 spiro atoms. The maximum atomic E-state index is 9.11. The van der Waals surface area contributed by atoms with Gasteiger partial charge in [-0.3, -0.25) is 0 Å². The summed E-state index contributed by atoms with van der Waals surface area (Å²) < 4.78 is 12.1. The molecule has 2 aromatic carbocycles. The minimum atomic E-state index is 0.167. The fourth-order valence-corrected chi connectivity index (χ4v) is 4.93. The van der Waals surface area contributed by atoms with Gasteiger partial charge in [-0.1, -0.05) is 39.3 Å². The predicted molar refractivity (Wildman–Crippen MR) is 107 cm³/mol. The molecule has 0 bridgehead atoms. The van der Waals surface area contributed by atoms with E-state index in [1.807, 2.05) is 19.1 Å². The fourth-order valence-electron chi connectivity index (χ4n) is 4.36. The van der Waals surface area contributed by atoms with Gasteiger partial charge in [0, 0.05) is 16.1 Å². The van der Waals surface area contributed by atoms with E-state index in [1.165, 1.54) is 11.1 Å². The van der Waals surface area contributed by atoms with E-state index in [9.17, 15) is 0 Å². The lowest BCUT2D eigenvalue weighted by atomic mass is 9.76. The van der Waals surface area contributed by atoms with Crippen molar-refractivity contribution in [2.24, 2.45) is 11.1 Å². The third kappa shape index (κ3) is 2.62. The number of ether oxygens (including phenoxy) is 2. The van der Waals surface area contributed by atoms with Crippen molar-refractivity contribution in [2.75, 3.05) is 12.1 Å². The SMILES string of the molecule is CC(=NO)c1ccc2c(c1)[C@@H]1C=CC[C@@H]1[C@H](c1cc3c(cc1Br)OCO3)N2. The Kier molecular flexibility index (Phi) is 3.90. The summed E-state index contributed by atoms with van der Waals surface area (Å²) in [6, 6.07) is 10.5. The molecule has 0 aromatic heterocycles. The summed E-state index contributed by atoms with van der Waals surface area (Å²) in [6.07, 6.45) is 5.58. The highest BCUT2D eigenvalue weighted by Crippen LogP contribution is 2.52. The molecule has 0 fully saturated rings. The summed E-state index contributed by atoms with van der Waals surface area (Å²) in [7, 11) is 0. The first-order valence-electron chi connectivity index (χ1n) is 9.01. The Balaban J connectivity index is 1.58. The Morgan fingerprint density at radius 1 is 1.19 bits per heavy atom. The zero-order chi connectivity index (χ0) is 18.5. The van der Waals surface area contributed by atoms with Crippen molar-refractivity contribution in [3.8, 4) is 11.5 Å². The number of nitrogens with one attached hydrogen (secondary N) is 1. The van der Waals surface area contributed by atoms with Crippen LogP contribution in [0.15, 0.2) is 52.1 Å². The average Bonchev–Trinajstić information content (AvgIpc) is 3.35. The van der Waals surface area contributed by atoms with Gasteiger partial charge in [0.2, 0.25) is 6.79 Å². The lowest BCUT2D eigenvalue weighted by molar-refractivity contribution is 0.174. The van der Waals surface area contributed by atoms with Crippen LogP contribution in [0.25, 0.3) is 0 Å². The maximum absolute atomic E-state index is 9.11. The van der Waals surface area contributed by atoms with Crippen LogP contribution < -0.4 is 14.8 Å². The van der Waals surface area contributed by atoms with Crippen LogP contribution in [-0.4, -0.2) is 17.7 Å². The van der Waals surface area contributed by atoms with Gasteiger partial charge < -0.3 is 20.0 Å². The fraction of sp³-hybridized carbons (Fsp3) is 0.286. The van der Waals surface area contributed by atoms with E-state index in [1.54, 1.807) is 0 Å². The van der Waals surface area contributed by atoms with Gasteiger partial charge in [-0.25, -0.2) is 0 Å². The Morgan fingerprint density at radius 3 is 2.81 bits per heavy atom. The van der Waals surface area contributed by atoms with Crippen molar-refractivity contribution in [1.82, 2.24) is 0 Å². The zero-order valence-corrected chi connectivity index (χ0v) is 16.4. The van der Waals surface area contributed by atoms with Crippen LogP contribution in [0.4, 0.5) is 5.69 Å². The van der Waals surface area contributed by atoms with Crippen LogP contribution in [0.2, 0.25) is 0 Å². The zero-order valence-electron chi connectivity index (χ0n) is 14.8. The number of rotatable bonds is 2. The molecule has 0 amide bonds. The minimum absolute atomic E-state index is 0.167. The Labute approximate surface area is 165 Å². The molecule has 3 atom stereocenters. The monoisotopic (exact) mass is 426 g/mol. The maximum Gasteiger partial charge on any atom is 0.231 e. The van der Waals surface area contributed by atoms with Crippen LogP contribution in [0.3, 0.4) is 0 Å². The number of nitrogens with zero attached hydrogens (tertiary/aromatic N) is 1. The van der Waals surface area contributed by atoms with Gasteiger partial charge in [0.1, 0.15) is 0 Å². The van der Waals surface area contributed by atoms with Crippen LogP contribution in [0.1, 0.15) is 42.0 Å². The highest BCUT2D eigenvalue weighted by atomic mass is 79.9. The van der Waals surface area contributed by atoms with Crippen LogP contribution in [-0.2, 0) is 0 Å². The molecule has 2 N–H and O–H groups in total. The van der Waals surface area contributed by atoms with Gasteiger partial charge in [0.05, 0.1) is 11.8 Å². The lowest BCUT2D eigenvalue weighted by Crippen LogP contribution is -2.29. The second-order valence-corrected chi connectivity index (χ2v) is 8.04. The molecule has 2 aromatic rings. The van der Waals surface area contributed by atoms with Crippen molar-refractivity contribution in [3.63, 3.8) is 0 Å². The number of allylic oxidation sites excluding steroid dienone is 2. The van der Waals surface area contributed by atoms with Crippen molar-refractivity contribution < 1.29 is 14.7 Å². The van der Waals surface area contributed by atoms with Crippen LogP contribution >= 0.6 is 15.9 Å². The number of hydrogen-bond donors (Lipinski definition) is 2. The van der Waals surface area contributed by atoms with Crippen LogP contribution in [0, 0.1) is 5.92 Å². The molecule has 5 rings (SSSR count). The molecule has 27 heavy (non-hydrogen) atoms. The minimum Gasteiger partial charge on any atom is -0.454 e. The topological polar surface area (TPSA) is 63.1 Å². The molecule has 138 valence electrons. The molecule has 0 saturated carbocycles. The standard InChI is InChI=1S/C21H19BrN2O3/c1-11(24-25)12-5-6-18-15(7-12)13-3-2-4-14(13)21(23-18)16-8-19-20(9-17(16)22)27-10-26-19/h2-3,5-9,13-14,21,23,25H,4,10H2,1H3/t13-,14+,21-/m1/s1. The number of halogens is 1. The Bertz CT molecular complexity index is 986. The number of oxime groups is 1. The average molecular weight is 427 g/mol. The third-order valence-corrected chi connectivity index (χ3v) is 6.44. The van der Waals surface area contributed by atoms with E-state index < -0.39 is 0 Å². The van der Waals surface area contributed by atoms with E-state index in [0.717, 1.165) is 33.6 Å². The molecule has 2 heterocycles. The molecule has 2 aliphatic heterocycles. The second-order valence-electron chi connectivity index (χ2n) is 7.19. The molecule has 0 radical (unpaired) electrons. The normalized spacial score (nSPS) is 25.1. The highest BCUT2D eigenvalue weighted by Gasteiger charge is 2.39. The summed E-state index contributed by atoms with van der Waals surface area (Å²) >= 11 is 3.72. The third-order valence-electron chi connectivity index (χ3n) is 5.76. The lowest BCUT2D eigenvalue weighted by Gasteiger charge is -2.38. The number of hydrogen-bond acceptors (Lipinski definition) is 5. The van der Waals surface area contributed by atoms with Gasteiger partial charge in [-0.2, -0.15) is 0 Å². The highest BCUT2D eigenvalue weighted by molar-refractivity contribution is 9.10. The molecule has 0 saturated heterocycles. The quantitative estimate of drug-likeness (QED) is 0.299. The van der Waals surface area contributed by atoms with E-state index in [0.29, 0.717) is 17.5 Å². The Hall–Kier alpha value is -2.47. The van der Waals surface area contributed by atoms with E-state index in [2.05, 4.69) is 56.8 Å². The molecule has 6 heteroatoms. The number of benzene rings is 2. The first-order valence-corrected chi connectivity index (χ1v) is 9.80. The number of anilines is 1. The van der Waals surface area contributed by atoms with E-state index in [-0.39, 0.29) is 12.8 Å². The van der Waals surface area contributed by atoms with Crippen molar-refractivity contribution in [3.05, 3.63) is 63.6 Å². The van der Waals surface area contributed by atoms with Gasteiger partial charge in [0.15, 0.2) is 11.5 Å². The molecule has 3 aliphatic rings. The molecule has 0 unspecified atom stereocenters. The summed E-state index contributed by atoms with van der Waals surface area (Å²) in [5, 5.41) is 16.2. The van der Waals surface area contributed by atoms with Crippen molar-refractivity contribution in [1.29, 1.82) is 0 Å². The van der Waals surface area contributed by atoms with Crippen molar-refractivity contribution >= 4 is 27.3 Å². The molecular weight excluding hydrogens is 408 g/mol. The Morgan fingerprint density at radius 2 is 2.00 bits per heavy atom. The van der Waals surface area contributed by atoms with Crippen molar-refractivity contribution in [2.45, 2.75) is 25.3 Å². The van der Waals surface area contributed by atoms with Gasteiger partial charge in [-0.15, -0.1) is 0 Å². The smallest absolute Gasteiger partial charge is 0.231 e. The van der Waals surface area contributed by atoms with Gasteiger partial charge >= 0.3 is 0 Å². The second kappa shape index (κ2) is 6.30. The summed E-state index contributed by atoms with van der Waals surface area (Å²) in [4.78, 5) is 0. The number of fused-ring (bicyclic) bond motifs is 4. The van der Waals surface area contributed by atoms with Crippen LogP contribution in [0.5, 0.6) is 11.5 Å². The predicted octanol–water partition coefficient (Wildman–Crippen LogP) is 5.20. The summed E-state index contributed by atoms with van der Waals surface area (Å²) in [5.41, 5.74) is 5.12. The molecule has 1 aliphatic carbocycles. The molecular formula is C21H19BrN2O3. The first-order chi connectivity index (χ1) is 13.2. The van der Waals surface area contributed by atoms with Gasteiger partial charge in [-0.05, 0) is 60.2 Å². The first kappa shape index (κ1) is 16.7. The van der Waals surface area contributed by atoms with E-state index in [4.69, 9.17) is 14.7 Å².